The molecular formula is C28H32N2O. The van der Waals surface area contributed by atoms with Crippen LogP contribution < -0.4 is 5.32 Å². The van der Waals surface area contributed by atoms with Gasteiger partial charge in [-0.25, -0.2) is 0 Å². The Labute approximate surface area is 186 Å². The molecule has 1 saturated heterocycles. The molecule has 0 saturated carbocycles. The number of nitrogens with one attached hydrogen (secondary N) is 1. The molecule has 1 aliphatic rings. The van der Waals surface area contributed by atoms with Gasteiger partial charge in [0, 0.05) is 12.1 Å². The highest BCUT2D eigenvalue weighted by Crippen LogP contribution is 2.23. The van der Waals surface area contributed by atoms with Gasteiger partial charge < -0.3 is 5.32 Å². The minimum Gasteiger partial charge on any atom is -0.346 e. The summed E-state index contributed by atoms with van der Waals surface area (Å²) in [7, 11) is 0. The van der Waals surface area contributed by atoms with Crippen molar-refractivity contribution in [2.45, 2.75) is 38.8 Å². The van der Waals surface area contributed by atoms with Gasteiger partial charge in [-0.15, -0.1) is 0 Å². The average molecular weight is 413 g/mol. The quantitative estimate of drug-likeness (QED) is 0.545. The molecule has 4 rings (SSSR count). The van der Waals surface area contributed by atoms with E-state index in [2.05, 4.69) is 46.6 Å². The number of likely N-dealkylation sites (tertiary alicyclic amines) is 1. The Bertz CT molecular complexity index is 963. The first kappa shape index (κ1) is 21.3. The Hall–Kier alpha value is -2.91. The zero-order valence-corrected chi connectivity index (χ0v) is 18.3. The van der Waals surface area contributed by atoms with E-state index in [0.29, 0.717) is 0 Å². The first-order chi connectivity index (χ1) is 15.2. The summed E-state index contributed by atoms with van der Waals surface area (Å²) in [5, 5.41) is 3.12. The predicted molar refractivity (Wildman–Crippen MR) is 127 cm³/mol. The van der Waals surface area contributed by atoms with Crippen LogP contribution in [-0.4, -0.2) is 23.9 Å². The topological polar surface area (TPSA) is 32.3 Å². The van der Waals surface area contributed by atoms with Gasteiger partial charge >= 0.3 is 0 Å². The summed E-state index contributed by atoms with van der Waals surface area (Å²) in [4.78, 5) is 15.3. The summed E-state index contributed by atoms with van der Waals surface area (Å²) in [6.45, 7) is 5.18. The fraction of sp³-hybridized carbons (Fsp3) is 0.321. The SMILES string of the molecule is CC(NC(=O)c1cccc(CN2CCC(Cc3ccccc3)CC2)c1)c1ccccc1. The second-order valence-corrected chi connectivity index (χ2v) is 8.72. The molecule has 0 radical (unpaired) electrons. The summed E-state index contributed by atoms with van der Waals surface area (Å²) in [5.74, 6) is 0.759. The van der Waals surface area contributed by atoms with Crippen LogP contribution in [0, 0.1) is 5.92 Å². The zero-order chi connectivity index (χ0) is 21.5. The van der Waals surface area contributed by atoms with E-state index in [0.717, 1.165) is 36.7 Å². The fourth-order valence-electron chi connectivity index (χ4n) is 4.47. The van der Waals surface area contributed by atoms with Crippen LogP contribution in [0.25, 0.3) is 0 Å². The first-order valence-electron chi connectivity index (χ1n) is 11.4. The molecule has 3 aromatic rings. The Balaban J connectivity index is 1.29. The maximum absolute atomic E-state index is 12.8. The summed E-state index contributed by atoms with van der Waals surface area (Å²) in [6.07, 6.45) is 3.66. The molecule has 0 spiro atoms. The van der Waals surface area contributed by atoms with Crippen LogP contribution in [0.1, 0.15) is 52.9 Å². The van der Waals surface area contributed by atoms with Crippen LogP contribution in [0.3, 0.4) is 0 Å². The van der Waals surface area contributed by atoms with Gasteiger partial charge in [0.2, 0.25) is 0 Å². The van der Waals surface area contributed by atoms with Gasteiger partial charge in [-0.2, -0.15) is 0 Å². The number of amides is 1. The lowest BCUT2D eigenvalue weighted by Gasteiger charge is -2.32. The molecular weight excluding hydrogens is 380 g/mol. The van der Waals surface area contributed by atoms with Crippen molar-refractivity contribution in [1.29, 1.82) is 0 Å². The minimum absolute atomic E-state index is 0.0130. The molecule has 0 aliphatic carbocycles. The summed E-state index contributed by atoms with van der Waals surface area (Å²) >= 11 is 0. The fourth-order valence-corrected chi connectivity index (χ4v) is 4.47. The van der Waals surface area contributed by atoms with E-state index in [9.17, 15) is 4.79 Å². The third-order valence-corrected chi connectivity index (χ3v) is 6.32. The van der Waals surface area contributed by atoms with E-state index in [1.165, 1.54) is 30.4 Å². The highest BCUT2D eigenvalue weighted by molar-refractivity contribution is 5.94. The van der Waals surface area contributed by atoms with Gasteiger partial charge in [0.1, 0.15) is 0 Å². The number of carbonyl (C=O) groups excluding carboxylic acids is 1. The average Bonchev–Trinajstić information content (AvgIpc) is 2.82. The molecule has 160 valence electrons. The molecule has 1 unspecified atom stereocenters. The molecule has 1 heterocycles. The number of hydrogen-bond acceptors (Lipinski definition) is 2. The number of nitrogens with zero attached hydrogens (tertiary/aromatic N) is 1. The van der Waals surface area contributed by atoms with Crippen molar-refractivity contribution < 1.29 is 4.79 Å². The van der Waals surface area contributed by atoms with E-state index in [1.54, 1.807) is 0 Å². The molecule has 1 atom stereocenters. The third kappa shape index (κ3) is 6.05. The molecule has 1 N–H and O–H groups in total. The molecule has 0 aromatic heterocycles. The molecule has 3 heteroatoms. The minimum atomic E-state index is -0.0141. The Morgan fingerprint density at radius 2 is 1.55 bits per heavy atom. The Morgan fingerprint density at radius 1 is 0.903 bits per heavy atom. The van der Waals surface area contributed by atoms with Gasteiger partial charge in [0.05, 0.1) is 6.04 Å². The summed E-state index contributed by atoms with van der Waals surface area (Å²) in [6, 6.07) is 29.0. The van der Waals surface area contributed by atoms with Crippen molar-refractivity contribution in [1.82, 2.24) is 10.2 Å². The van der Waals surface area contributed by atoms with Crippen LogP contribution in [0.2, 0.25) is 0 Å². The molecule has 1 fully saturated rings. The lowest BCUT2D eigenvalue weighted by Crippen LogP contribution is -2.34. The number of benzene rings is 3. The number of piperidine rings is 1. The van der Waals surface area contributed by atoms with E-state index in [4.69, 9.17) is 0 Å². The third-order valence-electron chi connectivity index (χ3n) is 6.32. The Morgan fingerprint density at radius 3 is 2.26 bits per heavy atom. The lowest BCUT2D eigenvalue weighted by molar-refractivity contribution is 0.0939. The first-order valence-corrected chi connectivity index (χ1v) is 11.4. The van der Waals surface area contributed by atoms with Crippen LogP contribution in [0.15, 0.2) is 84.9 Å². The van der Waals surface area contributed by atoms with Crippen molar-refractivity contribution in [2.24, 2.45) is 5.92 Å². The molecule has 1 aliphatic heterocycles. The normalized spacial score (nSPS) is 16.0. The van der Waals surface area contributed by atoms with Crippen LogP contribution >= 0.6 is 0 Å². The zero-order valence-electron chi connectivity index (χ0n) is 18.3. The smallest absolute Gasteiger partial charge is 0.251 e. The van der Waals surface area contributed by atoms with Crippen molar-refractivity contribution >= 4 is 5.91 Å². The number of carbonyl (C=O) groups is 1. The van der Waals surface area contributed by atoms with Crippen LogP contribution in [0.5, 0.6) is 0 Å². The maximum atomic E-state index is 12.8. The lowest BCUT2D eigenvalue weighted by atomic mass is 9.90. The van der Waals surface area contributed by atoms with Gasteiger partial charge in [0.25, 0.3) is 5.91 Å². The van der Waals surface area contributed by atoms with Gasteiger partial charge in [-0.3, -0.25) is 9.69 Å². The van der Waals surface area contributed by atoms with Crippen molar-refractivity contribution in [3.63, 3.8) is 0 Å². The van der Waals surface area contributed by atoms with Gasteiger partial charge in [0.15, 0.2) is 0 Å². The van der Waals surface area contributed by atoms with E-state index in [1.807, 2.05) is 55.5 Å². The summed E-state index contributed by atoms with van der Waals surface area (Å²) in [5.41, 5.74) is 4.51. The second kappa shape index (κ2) is 10.4. The highest BCUT2D eigenvalue weighted by atomic mass is 16.1. The number of hydrogen-bond donors (Lipinski definition) is 1. The largest absolute Gasteiger partial charge is 0.346 e. The van der Waals surface area contributed by atoms with Crippen LogP contribution in [-0.2, 0) is 13.0 Å². The van der Waals surface area contributed by atoms with Crippen molar-refractivity contribution in [3.05, 3.63) is 107 Å². The highest BCUT2D eigenvalue weighted by Gasteiger charge is 2.20. The monoisotopic (exact) mass is 412 g/mol. The van der Waals surface area contributed by atoms with E-state index >= 15 is 0 Å². The second-order valence-electron chi connectivity index (χ2n) is 8.72. The van der Waals surface area contributed by atoms with Crippen molar-refractivity contribution in [2.75, 3.05) is 13.1 Å². The molecule has 31 heavy (non-hydrogen) atoms. The van der Waals surface area contributed by atoms with Gasteiger partial charge in [-0.05, 0) is 74.0 Å². The van der Waals surface area contributed by atoms with E-state index < -0.39 is 0 Å². The van der Waals surface area contributed by atoms with E-state index in [-0.39, 0.29) is 11.9 Å². The predicted octanol–water partition coefficient (Wildman–Crippen LogP) is 5.63. The van der Waals surface area contributed by atoms with Crippen molar-refractivity contribution in [3.8, 4) is 0 Å². The Kier molecular flexibility index (Phi) is 7.16. The van der Waals surface area contributed by atoms with Gasteiger partial charge in [-0.1, -0.05) is 72.8 Å². The van der Waals surface area contributed by atoms with Crippen LogP contribution in [0.4, 0.5) is 0 Å². The standard InChI is InChI=1S/C28H32N2O/c1-22(26-12-6-3-7-13-26)29-28(31)27-14-8-11-25(20-27)21-30-17-15-24(16-18-30)19-23-9-4-2-5-10-23/h2-14,20,22,24H,15-19,21H2,1H3,(H,29,31). The molecule has 1 amide bonds. The molecule has 3 aromatic carbocycles. The molecule has 3 nitrogen and oxygen atoms in total. The number of rotatable bonds is 7. The summed E-state index contributed by atoms with van der Waals surface area (Å²) < 4.78 is 0. The molecule has 0 bridgehead atoms. The maximum Gasteiger partial charge on any atom is 0.251 e.